The molecule has 1 atom stereocenters. The van der Waals surface area contributed by atoms with Crippen LogP contribution in [0.3, 0.4) is 0 Å². The number of thioether (sulfide) groups is 1. The van der Waals surface area contributed by atoms with Crippen LogP contribution >= 0.6 is 27.7 Å². The maximum absolute atomic E-state index is 12.0. The van der Waals surface area contributed by atoms with Crippen LogP contribution in [-0.2, 0) is 19.7 Å². The smallest absolute Gasteiger partial charge is 0.306 e. The number of ether oxygens (including phenoxy) is 1. The van der Waals surface area contributed by atoms with Gasteiger partial charge >= 0.3 is 10.1 Å². The molecule has 27 heavy (non-hydrogen) atoms. The summed E-state index contributed by atoms with van der Waals surface area (Å²) in [6.07, 6.45) is 0.931. The normalized spacial score (nSPS) is 16.7. The molecule has 2 rings (SSSR count). The minimum atomic E-state index is -3.77. The van der Waals surface area contributed by atoms with Gasteiger partial charge in [-0.3, -0.25) is 9.59 Å². The highest BCUT2D eigenvalue weighted by Crippen LogP contribution is 2.45. The molecule has 1 heterocycles. The molecule has 1 aliphatic heterocycles. The lowest BCUT2D eigenvalue weighted by Gasteiger charge is -2.21. The van der Waals surface area contributed by atoms with Crippen LogP contribution in [0.15, 0.2) is 21.7 Å². The number of hydrogen-bond donors (Lipinski definition) is 1. The Kier molecular flexibility index (Phi) is 6.76. The summed E-state index contributed by atoms with van der Waals surface area (Å²) >= 11 is 4.46. The van der Waals surface area contributed by atoms with Crippen LogP contribution < -0.4 is 14.2 Å². The molecule has 0 radical (unpaired) electrons. The number of halogens is 1. The van der Waals surface area contributed by atoms with E-state index in [4.69, 9.17) is 8.92 Å². The lowest BCUT2D eigenvalue weighted by Crippen LogP contribution is -2.25. The molecule has 0 bridgehead atoms. The van der Waals surface area contributed by atoms with Crippen molar-refractivity contribution >= 4 is 54.8 Å². The van der Waals surface area contributed by atoms with Crippen LogP contribution in [0.1, 0.15) is 31.7 Å². The molecule has 0 aromatic heterocycles. The lowest BCUT2D eigenvalue weighted by atomic mass is 10.2. The second-order valence-corrected chi connectivity index (χ2v) is 8.97. The fraction of sp³-hybridized carbons (Fsp3) is 0.400. The highest BCUT2D eigenvalue weighted by atomic mass is 79.9. The van der Waals surface area contributed by atoms with Gasteiger partial charge in [0.15, 0.2) is 16.7 Å². The first-order valence-corrected chi connectivity index (χ1v) is 11.2. The van der Waals surface area contributed by atoms with E-state index in [1.165, 1.54) is 30.6 Å². The van der Waals surface area contributed by atoms with Gasteiger partial charge in [0, 0.05) is 13.8 Å². The zero-order valence-electron chi connectivity index (χ0n) is 15.0. The Morgan fingerprint density at radius 1 is 1.37 bits per heavy atom. The maximum Gasteiger partial charge on any atom is 0.306 e. The summed E-state index contributed by atoms with van der Waals surface area (Å²) < 4.78 is 33.9. The molecule has 1 aromatic carbocycles. The molecule has 0 aliphatic carbocycles. The monoisotopic (exact) mass is 479 g/mol. The van der Waals surface area contributed by atoms with Crippen LogP contribution in [0.5, 0.6) is 11.5 Å². The predicted octanol–water partition coefficient (Wildman–Crippen LogP) is 2.19. The summed E-state index contributed by atoms with van der Waals surface area (Å²) in [6.45, 7) is 4.72. The molecule has 12 heteroatoms. The van der Waals surface area contributed by atoms with Gasteiger partial charge in [0.05, 0.1) is 17.3 Å². The zero-order chi connectivity index (χ0) is 20.4. The van der Waals surface area contributed by atoms with Crippen molar-refractivity contribution in [2.24, 2.45) is 5.10 Å². The number of nitrogens with zero attached hydrogens (tertiary/aromatic N) is 2. The minimum absolute atomic E-state index is 0.0171. The van der Waals surface area contributed by atoms with Gasteiger partial charge in [-0.2, -0.15) is 8.42 Å². The van der Waals surface area contributed by atoms with Crippen molar-refractivity contribution in [2.75, 3.05) is 12.9 Å². The molecular weight excluding hydrogens is 462 g/mol. The van der Waals surface area contributed by atoms with E-state index in [0.717, 1.165) is 6.26 Å². The molecule has 0 saturated heterocycles. The van der Waals surface area contributed by atoms with Crippen molar-refractivity contribution < 1.29 is 26.9 Å². The van der Waals surface area contributed by atoms with Crippen molar-refractivity contribution in [3.05, 3.63) is 22.2 Å². The number of hydrazone groups is 1. The molecule has 0 spiro atoms. The van der Waals surface area contributed by atoms with Gasteiger partial charge in [0.25, 0.3) is 0 Å². The first kappa shape index (κ1) is 21.5. The Morgan fingerprint density at radius 3 is 2.56 bits per heavy atom. The lowest BCUT2D eigenvalue weighted by molar-refractivity contribution is -0.129. The summed E-state index contributed by atoms with van der Waals surface area (Å²) in [5.74, 6) is -0.412. The number of carbonyl (C=O) groups excluding carboxylic acids is 2. The average Bonchev–Trinajstić information content (AvgIpc) is 2.93. The topological polar surface area (TPSA) is 114 Å². The standard InChI is InChI=1S/C15H18BrN3O6S2/c1-5-24-12-7-10(6-11(16)13(12)25-27(4,22)23)14-19(9(3)21)18-15(26-14)17-8(2)20/h6-7,14H,5H2,1-4H3,(H,17,18,20)/t14-/m0/s1. The van der Waals surface area contributed by atoms with Gasteiger partial charge < -0.3 is 14.2 Å². The zero-order valence-corrected chi connectivity index (χ0v) is 18.2. The fourth-order valence-corrected chi connectivity index (χ4v) is 4.44. The quantitative estimate of drug-likeness (QED) is 0.643. The van der Waals surface area contributed by atoms with Crippen LogP contribution in [0, 0.1) is 0 Å². The van der Waals surface area contributed by atoms with E-state index in [1.807, 2.05) is 0 Å². The van der Waals surface area contributed by atoms with Crippen LogP contribution in [0.2, 0.25) is 0 Å². The van der Waals surface area contributed by atoms with Gasteiger partial charge in [-0.15, -0.1) is 5.10 Å². The number of carbonyl (C=O) groups is 2. The molecule has 0 saturated carbocycles. The number of benzene rings is 1. The molecule has 1 N–H and O–H groups in total. The summed E-state index contributed by atoms with van der Waals surface area (Å²) in [5.41, 5.74) is 0.607. The van der Waals surface area contributed by atoms with Gasteiger partial charge in [0.2, 0.25) is 11.8 Å². The first-order valence-electron chi connectivity index (χ1n) is 7.70. The van der Waals surface area contributed by atoms with E-state index >= 15 is 0 Å². The summed E-state index contributed by atoms with van der Waals surface area (Å²) in [4.78, 5) is 23.2. The van der Waals surface area contributed by atoms with E-state index in [0.29, 0.717) is 10.0 Å². The minimum Gasteiger partial charge on any atom is -0.490 e. The van der Waals surface area contributed by atoms with Crippen molar-refractivity contribution in [1.82, 2.24) is 10.3 Å². The maximum atomic E-state index is 12.0. The van der Waals surface area contributed by atoms with E-state index in [-0.39, 0.29) is 35.1 Å². The third-order valence-corrected chi connectivity index (χ3v) is 5.26. The molecule has 0 fully saturated rings. The van der Waals surface area contributed by atoms with Gasteiger partial charge in [-0.1, -0.05) is 11.8 Å². The predicted molar refractivity (Wildman–Crippen MR) is 105 cm³/mol. The molecule has 148 valence electrons. The van der Waals surface area contributed by atoms with Crippen LogP contribution in [0.4, 0.5) is 0 Å². The van der Waals surface area contributed by atoms with Crippen molar-refractivity contribution in [3.8, 4) is 11.5 Å². The molecular formula is C15H18BrN3O6S2. The molecule has 9 nitrogen and oxygen atoms in total. The fourth-order valence-electron chi connectivity index (χ4n) is 2.21. The van der Waals surface area contributed by atoms with Crippen LogP contribution in [0.25, 0.3) is 0 Å². The third kappa shape index (κ3) is 5.59. The number of amides is 2. The third-order valence-electron chi connectivity index (χ3n) is 3.10. The molecule has 1 aliphatic rings. The number of hydrogen-bond acceptors (Lipinski definition) is 8. The average molecular weight is 480 g/mol. The van der Waals surface area contributed by atoms with Crippen molar-refractivity contribution in [1.29, 1.82) is 0 Å². The van der Waals surface area contributed by atoms with E-state index in [9.17, 15) is 18.0 Å². The number of nitrogens with one attached hydrogen (secondary N) is 1. The van der Waals surface area contributed by atoms with Gasteiger partial charge in [0.1, 0.15) is 5.37 Å². The van der Waals surface area contributed by atoms with E-state index in [1.54, 1.807) is 19.1 Å². The van der Waals surface area contributed by atoms with Crippen LogP contribution in [-0.4, -0.2) is 43.3 Å². The molecule has 1 aromatic rings. The Hall–Kier alpha value is -1.79. The first-order chi connectivity index (χ1) is 12.5. The van der Waals surface area contributed by atoms with Gasteiger partial charge in [-0.25, -0.2) is 5.01 Å². The Labute approximate surface area is 169 Å². The molecule has 2 amide bonds. The Bertz CT molecular complexity index is 903. The largest absolute Gasteiger partial charge is 0.490 e. The number of amidine groups is 1. The van der Waals surface area contributed by atoms with Crippen molar-refractivity contribution in [3.63, 3.8) is 0 Å². The summed E-state index contributed by atoms with van der Waals surface area (Å²) in [7, 11) is -3.77. The van der Waals surface area contributed by atoms with Gasteiger partial charge in [-0.05, 0) is 40.5 Å². The SMILES string of the molecule is CCOc1cc([C@@H]2SC(NC(C)=O)=NN2C(C)=O)cc(Br)c1OS(C)(=O)=O. The summed E-state index contributed by atoms with van der Waals surface area (Å²) in [6, 6.07) is 3.19. The van der Waals surface area contributed by atoms with E-state index in [2.05, 4.69) is 26.3 Å². The second-order valence-electron chi connectivity index (χ2n) is 5.47. The Balaban J connectivity index is 2.46. The van der Waals surface area contributed by atoms with Crippen molar-refractivity contribution in [2.45, 2.75) is 26.1 Å². The second kappa shape index (κ2) is 8.48. The highest BCUT2D eigenvalue weighted by molar-refractivity contribution is 9.10. The molecule has 0 unspecified atom stereocenters. The highest BCUT2D eigenvalue weighted by Gasteiger charge is 2.33. The summed E-state index contributed by atoms with van der Waals surface area (Å²) in [5, 5.41) is 7.63. The Morgan fingerprint density at radius 2 is 2.04 bits per heavy atom. The van der Waals surface area contributed by atoms with E-state index < -0.39 is 15.5 Å². The number of rotatable bonds is 5.